The van der Waals surface area contributed by atoms with E-state index in [2.05, 4.69) is 34.1 Å². The second kappa shape index (κ2) is 6.51. The van der Waals surface area contributed by atoms with E-state index in [1.807, 2.05) is 25.1 Å². The zero-order valence-electron chi connectivity index (χ0n) is 12.1. The number of hydrogen-bond acceptors (Lipinski definition) is 6. The highest BCUT2D eigenvalue weighted by atomic mass is 32.1. The fourth-order valence-corrected chi connectivity index (χ4v) is 3.49. The van der Waals surface area contributed by atoms with Gasteiger partial charge >= 0.3 is 0 Å². The highest BCUT2D eigenvalue weighted by molar-refractivity contribution is 7.15. The number of hydrogen-bond donors (Lipinski definition) is 2. The minimum Gasteiger partial charge on any atom is -0.266 e. The summed E-state index contributed by atoms with van der Waals surface area (Å²) in [5, 5.41) is 20.2. The molecule has 0 radical (unpaired) electrons. The molecule has 2 N–H and O–H groups in total. The summed E-state index contributed by atoms with van der Waals surface area (Å²) in [6.07, 6.45) is 0.575. The van der Waals surface area contributed by atoms with Crippen molar-refractivity contribution in [3.05, 3.63) is 53.0 Å². The van der Waals surface area contributed by atoms with Crippen LogP contribution in [0.3, 0.4) is 0 Å². The Morgan fingerprint density at radius 1 is 1.14 bits per heavy atom. The molecule has 0 saturated heterocycles. The molecule has 2 aromatic carbocycles. The Hall–Kier alpha value is -1.83. The summed E-state index contributed by atoms with van der Waals surface area (Å²) in [5.41, 5.74) is 2.06. The average molecular weight is 316 g/mol. The summed E-state index contributed by atoms with van der Waals surface area (Å²) in [6.45, 7) is 2.14. The van der Waals surface area contributed by atoms with Crippen molar-refractivity contribution in [2.24, 2.45) is 0 Å². The SMILES string of the molecule is Cc1nc(-c2cccc3ccccc23)sc1CCON(O)O. The molecule has 22 heavy (non-hydrogen) atoms. The van der Waals surface area contributed by atoms with Crippen LogP contribution in [0.15, 0.2) is 42.5 Å². The molecule has 0 aliphatic carbocycles. The smallest absolute Gasteiger partial charge is 0.124 e. The molecule has 1 aromatic heterocycles. The van der Waals surface area contributed by atoms with Crippen LogP contribution in [0.25, 0.3) is 21.3 Å². The van der Waals surface area contributed by atoms with Crippen molar-refractivity contribution in [3.8, 4) is 10.6 Å². The van der Waals surface area contributed by atoms with Crippen molar-refractivity contribution in [1.82, 2.24) is 10.4 Å². The summed E-state index contributed by atoms with van der Waals surface area (Å²) >= 11 is 1.61. The number of thiazole rings is 1. The molecule has 5 nitrogen and oxygen atoms in total. The van der Waals surface area contributed by atoms with E-state index in [0.29, 0.717) is 6.42 Å². The van der Waals surface area contributed by atoms with Gasteiger partial charge in [0, 0.05) is 16.9 Å². The standard InChI is InChI=1S/C16H16N2O3S/c1-11-15(9-10-21-18(19)20)22-16(17-11)14-8-4-6-12-5-2-3-7-13(12)14/h2-8,19-20H,9-10H2,1H3. The fraction of sp³-hybridized carbons (Fsp3) is 0.188. The summed E-state index contributed by atoms with van der Waals surface area (Å²) in [4.78, 5) is 10.3. The molecule has 0 amide bonds. The molecule has 3 aromatic rings. The molecule has 0 fully saturated rings. The fourth-order valence-electron chi connectivity index (χ4n) is 2.41. The Labute approximate surface area is 131 Å². The molecule has 0 bridgehead atoms. The van der Waals surface area contributed by atoms with E-state index in [9.17, 15) is 0 Å². The summed E-state index contributed by atoms with van der Waals surface area (Å²) in [5.74, 6) is 0. The number of aromatic nitrogens is 1. The molecule has 6 heteroatoms. The van der Waals surface area contributed by atoms with E-state index in [1.54, 1.807) is 11.3 Å². The molecule has 0 unspecified atom stereocenters. The Morgan fingerprint density at radius 2 is 1.91 bits per heavy atom. The first-order valence-corrected chi connectivity index (χ1v) is 7.72. The molecule has 3 rings (SSSR count). The van der Waals surface area contributed by atoms with Gasteiger partial charge in [0.15, 0.2) is 0 Å². The van der Waals surface area contributed by atoms with Crippen molar-refractivity contribution in [2.75, 3.05) is 6.61 Å². The van der Waals surface area contributed by atoms with E-state index in [1.165, 1.54) is 10.8 Å². The van der Waals surface area contributed by atoms with Crippen LogP contribution in [0.4, 0.5) is 0 Å². The first kappa shape index (κ1) is 15.1. The molecule has 0 atom stereocenters. The Bertz CT molecular complexity index is 781. The summed E-state index contributed by atoms with van der Waals surface area (Å²) < 4.78 is 0. The molecule has 0 saturated carbocycles. The summed E-state index contributed by atoms with van der Waals surface area (Å²) in [6, 6.07) is 14.4. The molecule has 114 valence electrons. The van der Waals surface area contributed by atoms with E-state index >= 15 is 0 Å². The van der Waals surface area contributed by atoms with Crippen LogP contribution in [0, 0.1) is 6.92 Å². The van der Waals surface area contributed by atoms with Gasteiger partial charge in [-0.05, 0) is 17.7 Å². The van der Waals surface area contributed by atoms with Gasteiger partial charge in [-0.15, -0.1) is 11.3 Å². The molecule has 0 aliphatic heterocycles. The second-order valence-corrected chi connectivity index (χ2v) is 5.97. The normalized spacial score (nSPS) is 11.5. The van der Waals surface area contributed by atoms with Gasteiger partial charge < -0.3 is 0 Å². The van der Waals surface area contributed by atoms with Gasteiger partial charge in [0.25, 0.3) is 0 Å². The molecule has 0 aliphatic rings. The largest absolute Gasteiger partial charge is 0.266 e. The van der Waals surface area contributed by atoms with E-state index in [-0.39, 0.29) is 12.0 Å². The van der Waals surface area contributed by atoms with E-state index < -0.39 is 0 Å². The van der Waals surface area contributed by atoms with Crippen LogP contribution < -0.4 is 0 Å². The maximum absolute atomic E-state index is 8.56. The minimum absolute atomic E-state index is 0.186. The molecule has 0 spiro atoms. The van der Waals surface area contributed by atoms with Gasteiger partial charge in [-0.3, -0.25) is 15.3 Å². The van der Waals surface area contributed by atoms with Crippen LogP contribution in [0.2, 0.25) is 0 Å². The van der Waals surface area contributed by atoms with Crippen LogP contribution in [-0.4, -0.2) is 27.4 Å². The predicted molar refractivity (Wildman–Crippen MR) is 84.9 cm³/mol. The van der Waals surface area contributed by atoms with E-state index in [4.69, 9.17) is 10.4 Å². The lowest BCUT2D eigenvalue weighted by molar-refractivity contribution is -0.492. The Morgan fingerprint density at radius 3 is 2.73 bits per heavy atom. The monoisotopic (exact) mass is 316 g/mol. The van der Waals surface area contributed by atoms with Crippen LogP contribution in [-0.2, 0) is 11.3 Å². The predicted octanol–water partition coefficient (Wildman–Crippen LogP) is 3.83. The topological polar surface area (TPSA) is 65.8 Å². The van der Waals surface area contributed by atoms with Crippen LogP contribution in [0.1, 0.15) is 10.6 Å². The number of nitrogens with zero attached hydrogens (tertiary/aromatic N) is 2. The average Bonchev–Trinajstić information content (AvgIpc) is 2.87. The van der Waals surface area contributed by atoms with Gasteiger partial charge in [-0.2, -0.15) is 0 Å². The Kier molecular flexibility index (Phi) is 4.47. The number of aryl methyl sites for hydroxylation is 1. The number of rotatable bonds is 5. The lowest BCUT2D eigenvalue weighted by Crippen LogP contribution is -2.16. The quantitative estimate of drug-likeness (QED) is 0.700. The lowest BCUT2D eigenvalue weighted by atomic mass is 10.1. The molecular formula is C16H16N2O3S. The van der Waals surface area contributed by atoms with E-state index in [0.717, 1.165) is 21.1 Å². The van der Waals surface area contributed by atoms with Gasteiger partial charge in [0.05, 0.1) is 17.7 Å². The molecule has 1 heterocycles. The van der Waals surface area contributed by atoms with Crippen LogP contribution >= 0.6 is 11.3 Å². The third-order valence-electron chi connectivity index (χ3n) is 3.45. The first-order valence-electron chi connectivity index (χ1n) is 6.90. The maximum Gasteiger partial charge on any atom is 0.124 e. The second-order valence-electron chi connectivity index (χ2n) is 4.89. The first-order chi connectivity index (χ1) is 10.6. The zero-order valence-corrected chi connectivity index (χ0v) is 12.9. The van der Waals surface area contributed by atoms with Crippen molar-refractivity contribution in [3.63, 3.8) is 0 Å². The third kappa shape index (κ3) is 3.16. The highest BCUT2D eigenvalue weighted by Crippen LogP contribution is 2.33. The number of benzene rings is 2. The lowest BCUT2D eigenvalue weighted by Gasteiger charge is -2.04. The summed E-state index contributed by atoms with van der Waals surface area (Å²) in [7, 11) is 0. The van der Waals surface area contributed by atoms with Crippen molar-refractivity contribution >= 4 is 22.1 Å². The van der Waals surface area contributed by atoms with Gasteiger partial charge in [-0.25, -0.2) is 4.98 Å². The highest BCUT2D eigenvalue weighted by Gasteiger charge is 2.12. The zero-order chi connectivity index (χ0) is 15.5. The minimum atomic E-state index is -0.262. The number of fused-ring (bicyclic) bond motifs is 1. The van der Waals surface area contributed by atoms with Gasteiger partial charge in [0.2, 0.25) is 0 Å². The van der Waals surface area contributed by atoms with Crippen LogP contribution in [0.5, 0.6) is 0 Å². The van der Waals surface area contributed by atoms with Crippen molar-refractivity contribution < 1.29 is 15.3 Å². The maximum atomic E-state index is 8.56. The Balaban J connectivity index is 1.91. The van der Waals surface area contributed by atoms with Gasteiger partial charge in [-0.1, -0.05) is 42.5 Å². The third-order valence-corrected chi connectivity index (χ3v) is 4.70. The van der Waals surface area contributed by atoms with Crippen molar-refractivity contribution in [2.45, 2.75) is 13.3 Å². The van der Waals surface area contributed by atoms with Gasteiger partial charge in [0.1, 0.15) is 5.01 Å². The molecular weight excluding hydrogens is 300 g/mol. The van der Waals surface area contributed by atoms with Crippen molar-refractivity contribution in [1.29, 1.82) is 0 Å².